The molecule has 2 unspecified atom stereocenters. The van der Waals surface area contributed by atoms with Crippen molar-refractivity contribution >= 4 is 5.91 Å². The van der Waals surface area contributed by atoms with Gasteiger partial charge in [-0.3, -0.25) is 4.79 Å². The summed E-state index contributed by atoms with van der Waals surface area (Å²) in [5, 5.41) is 13.1. The molecule has 0 radical (unpaired) electrons. The molecule has 0 heterocycles. The summed E-state index contributed by atoms with van der Waals surface area (Å²) in [4.78, 5) is 12.3. The van der Waals surface area contributed by atoms with Crippen molar-refractivity contribution in [3.05, 3.63) is 65.2 Å². The highest BCUT2D eigenvalue weighted by atomic mass is 16.5. The number of carbonyl (C=O) groups is 1. The van der Waals surface area contributed by atoms with Crippen LogP contribution in [0.4, 0.5) is 0 Å². The predicted octanol–water partition coefficient (Wildman–Crippen LogP) is 2.08. The lowest BCUT2D eigenvalue weighted by Gasteiger charge is -2.18. The topological polar surface area (TPSA) is 58.6 Å². The van der Waals surface area contributed by atoms with Gasteiger partial charge in [0.2, 0.25) is 0 Å². The molecule has 0 saturated carbocycles. The molecule has 0 aliphatic heterocycles. The van der Waals surface area contributed by atoms with E-state index >= 15 is 0 Å². The van der Waals surface area contributed by atoms with E-state index in [9.17, 15) is 9.90 Å². The second-order valence-corrected chi connectivity index (χ2v) is 5.15. The smallest absolute Gasteiger partial charge is 0.251 e. The molecular weight excluding hydrogens is 266 g/mol. The van der Waals surface area contributed by atoms with Crippen LogP contribution in [-0.4, -0.2) is 24.2 Å². The molecule has 108 valence electrons. The van der Waals surface area contributed by atoms with Crippen LogP contribution in [0, 0.1) is 0 Å². The van der Waals surface area contributed by atoms with E-state index in [1.54, 1.807) is 31.4 Å². The van der Waals surface area contributed by atoms with E-state index in [1.807, 2.05) is 24.3 Å². The van der Waals surface area contributed by atoms with Crippen molar-refractivity contribution in [2.24, 2.45) is 0 Å². The molecule has 1 aliphatic carbocycles. The SMILES string of the molecule is COc1ccc(C(=O)NC2c3ccccc3CC2O)cc1. The summed E-state index contributed by atoms with van der Waals surface area (Å²) in [6, 6.07) is 14.4. The first-order chi connectivity index (χ1) is 10.2. The van der Waals surface area contributed by atoms with Crippen LogP contribution in [0.2, 0.25) is 0 Å². The number of carbonyl (C=O) groups excluding carboxylic acids is 1. The molecule has 21 heavy (non-hydrogen) atoms. The minimum absolute atomic E-state index is 0.196. The first kappa shape index (κ1) is 13.6. The van der Waals surface area contributed by atoms with Crippen LogP contribution < -0.4 is 10.1 Å². The maximum atomic E-state index is 12.3. The monoisotopic (exact) mass is 283 g/mol. The summed E-state index contributed by atoms with van der Waals surface area (Å²) in [6.45, 7) is 0. The number of hydrogen-bond donors (Lipinski definition) is 2. The van der Waals surface area contributed by atoms with Crippen molar-refractivity contribution in [3.63, 3.8) is 0 Å². The van der Waals surface area contributed by atoms with Crippen molar-refractivity contribution in [2.75, 3.05) is 7.11 Å². The average Bonchev–Trinajstić information content (AvgIpc) is 2.83. The normalized spacial score (nSPS) is 19.9. The highest BCUT2D eigenvalue weighted by Gasteiger charge is 2.31. The Morgan fingerprint density at radius 2 is 1.90 bits per heavy atom. The molecule has 0 saturated heterocycles. The van der Waals surface area contributed by atoms with E-state index < -0.39 is 6.10 Å². The summed E-state index contributed by atoms with van der Waals surface area (Å²) < 4.78 is 5.07. The van der Waals surface area contributed by atoms with Gasteiger partial charge in [0.15, 0.2) is 0 Å². The Morgan fingerprint density at radius 1 is 1.19 bits per heavy atom. The fourth-order valence-electron chi connectivity index (χ4n) is 2.71. The fourth-order valence-corrected chi connectivity index (χ4v) is 2.71. The number of aliphatic hydroxyl groups is 1. The van der Waals surface area contributed by atoms with Crippen LogP contribution in [0.5, 0.6) is 5.75 Å². The number of hydrogen-bond acceptors (Lipinski definition) is 3. The summed E-state index contributed by atoms with van der Waals surface area (Å²) in [5.41, 5.74) is 2.63. The fraction of sp³-hybridized carbons (Fsp3) is 0.235. The van der Waals surface area contributed by atoms with Crippen molar-refractivity contribution in [1.82, 2.24) is 5.32 Å². The van der Waals surface area contributed by atoms with Gasteiger partial charge in [0.25, 0.3) is 5.91 Å². The Balaban J connectivity index is 1.78. The van der Waals surface area contributed by atoms with Gasteiger partial charge in [-0.25, -0.2) is 0 Å². The van der Waals surface area contributed by atoms with Crippen molar-refractivity contribution in [2.45, 2.75) is 18.6 Å². The van der Waals surface area contributed by atoms with Gasteiger partial charge in [-0.15, -0.1) is 0 Å². The van der Waals surface area contributed by atoms with Crippen LogP contribution in [-0.2, 0) is 6.42 Å². The van der Waals surface area contributed by atoms with E-state index in [0.29, 0.717) is 17.7 Å². The molecule has 0 bridgehead atoms. The molecule has 2 aromatic rings. The largest absolute Gasteiger partial charge is 0.497 e. The van der Waals surface area contributed by atoms with E-state index in [2.05, 4.69) is 5.32 Å². The Hall–Kier alpha value is -2.33. The molecular formula is C17H17NO3. The first-order valence-electron chi connectivity index (χ1n) is 6.90. The minimum Gasteiger partial charge on any atom is -0.497 e. The van der Waals surface area contributed by atoms with E-state index in [-0.39, 0.29) is 11.9 Å². The Labute approximate surface area is 123 Å². The second-order valence-electron chi connectivity index (χ2n) is 5.15. The molecule has 1 amide bonds. The number of benzene rings is 2. The zero-order valence-corrected chi connectivity index (χ0v) is 11.7. The molecule has 0 aromatic heterocycles. The second kappa shape index (κ2) is 5.58. The number of aliphatic hydroxyl groups excluding tert-OH is 1. The third-order valence-corrected chi connectivity index (χ3v) is 3.84. The van der Waals surface area contributed by atoms with Gasteiger partial charge in [-0.2, -0.15) is 0 Å². The number of ether oxygens (including phenoxy) is 1. The minimum atomic E-state index is -0.579. The molecule has 2 aromatic carbocycles. The third-order valence-electron chi connectivity index (χ3n) is 3.84. The van der Waals surface area contributed by atoms with Crippen LogP contribution in [0.1, 0.15) is 27.5 Å². The number of fused-ring (bicyclic) bond motifs is 1. The Kier molecular flexibility index (Phi) is 3.62. The molecule has 3 rings (SSSR count). The van der Waals surface area contributed by atoms with Crippen molar-refractivity contribution in [1.29, 1.82) is 0 Å². The number of methoxy groups -OCH3 is 1. The van der Waals surface area contributed by atoms with Gasteiger partial charge in [0.05, 0.1) is 19.3 Å². The standard InChI is InChI=1S/C17H17NO3/c1-21-13-8-6-11(7-9-13)17(20)18-16-14-5-3-2-4-12(14)10-15(16)19/h2-9,15-16,19H,10H2,1H3,(H,18,20). The summed E-state index contributed by atoms with van der Waals surface area (Å²) >= 11 is 0. The van der Waals surface area contributed by atoms with Crippen molar-refractivity contribution in [3.8, 4) is 5.75 Å². The lowest BCUT2D eigenvalue weighted by molar-refractivity contribution is 0.0858. The number of nitrogens with one attached hydrogen (secondary N) is 1. The van der Waals surface area contributed by atoms with E-state index in [4.69, 9.17) is 4.74 Å². The molecule has 2 N–H and O–H groups in total. The van der Waals surface area contributed by atoms with Gasteiger partial charge in [-0.05, 0) is 35.4 Å². The number of rotatable bonds is 3. The van der Waals surface area contributed by atoms with Crippen LogP contribution in [0.3, 0.4) is 0 Å². The summed E-state index contributed by atoms with van der Waals surface area (Å²) in [6.07, 6.45) is -0.00593. The van der Waals surface area contributed by atoms with Crippen LogP contribution >= 0.6 is 0 Å². The Bertz CT molecular complexity index is 651. The highest BCUT2D eigenvalue weighted by Crippen LogP contribution is 2.31. The van der Waals surface area contributed by atoms with Gasteiger partial charge in [0, 0.05) is 12.0 Å². The van der Waals surface area contributed by atoms with Gasteiger partial charge in [-0.1, -0.05) is 24.3 Å². The first-order valence-corrected chi connectivity index (χ1v) is 6.90. The number of amides is 1. The molecule has 2 atom stereocenters. The molecule has 4 heteroatoms. The van der Waals surface area contributed by atoms with Gasteiger partial charge in [0.1, 0.15) is 5.75 Å². The average molecular weight is 283 g/mol. The van der Waals surface area contributed by atoms with E-state index in [0.717, 1.165) is 11.1 Å². The zero-order valence-electron chi connectivity index (χ0n) is 11.7. The molecule has 0 spiro atoms. The molecule has 0 fully saturated rings. The van der Waals surface area contributed by atoms with Crippen molar-refractivity contribution < 1.29 is 14.6 Å². The van der Waals surface area contributed by atoms with Crippen LogP contribution in [0.25, 0.3) is 0 Å². The highest BCUT2D eigenvalue weighted by molar-refractivity contribution is 5.94. The predicted molar refractivity (Wildman–Crippen MR) is 79.4 cm³/mol. The zero-order chi connectivity index (χ0) is 14.8. The third kappa shape index (κ3) is 2.62. The maximum absolute atomic E-state index is 12.3. The molecule has 4 nitrogen and oxygen atoms in total. The summed E-state index contributed by atoms with van der Waals surface area (Å²) in [7, 11) is 1.58. The quantitative estimate of drug-likeness (QED) is 0.906. The van der Waals surface area contributed by atoms with Gasteiger partial charge >= 0.3 is 0 Å². The lowest BCUT2D eigenvalue weighted by atomic mass is 10.1. The lowest BCUT2D eigenvalue weighted by Crippen LogP contribution is -2.33. The Morgan fingerprint density at radius 3 is 2.62 bits per heavy atom. The van der Waals surface area contributed by atoms with Gasteiger partial charge < -0.3 is 15.2 Å². The maximum Gasteiger partial charge on any atom is 0.251 e. The molecule has 1 aliphatic rings. The van der Waals surface area contributed by atoms with Crippen LogP contribution in [0.15, 0.2) is 48.5 Å². The summed E-state index contributed by atoms with van der Waals surface area (Å²) in [5.74, 6) is 0.510. The van der Waals surface area contributed by atoms with E-state index in [1.165, 1.54) is 0 Å².